The van der Waals surface area contributed by atoms with Crippen LogP contribution < -0.4 is 10.7 Å². The van der Waals surface area contributed by atoms with E-state index in [-0.39, 0.29) is 5.84 Å². The standard InChI is InChI=1S/C16H15ClN4O2/c1-13(10-4-6-11(17)7-5-10)14(8-18)12(20)21-16(22-2,23-3)15(13,14)9-19/h4-7H,1-3H3,(H2,20,21)/p+1/t13-,14-,15+/m0/s1. The van der Waals surface area contributed by atoms with Crippen molar-refractivity contribution in [1.29, 1.82) is 10.5 Å². The first-order valence-electron chi connectivity index (χ1n) is 6.97. The van der Waals surface area contributed by atoms with Gasteiger partial charge in [0.05, 0.1) is 17.6 Å². The van der Waals surface area contributed by atoms with E-state index in [0.717, 1.165) is 5.56 Å². The van der Waals surface area contributed by atoms with E-state index in [9.17, 15) is 10.5 Å². The Morgan fingerprint density at radius 1 is 1.13 bits per heavy atom. The number of nitrogens with zero attached hydrogens (tertiary/aromatic N) is 2. The minimum Gasteiger partial charge on any atom is -0.317 e. The number of halogens is 1. The van der Waals surface area contributed by atoms with Crippen LogP contribution in [0, 0.1) is 33.5 Å². The summed E-state index contributed by atoms with van der Waals surface area (Å²) in [6.07, 6.45) is 0. The molecule has 1 aromatic carbocycles. The zero-order valence-corrected chi connectivity index (χ0v) is 13.7. The second-order valence-corrected chi connectivity index (χ2v) is 6.36. The number of benzene rings is 1. The van der Waals surface area contributed by atoms with Gasteiger partial charge in [-0.2, -0.15) is 10.5 Å². The van der Waals surface area contributed by atoms with E-state index < -0.39 is 22.2 Å². The fourth-order valence-electron chi connectivity index (χ4n) is 4.36. The number of ether oxygens (including phenoxy) is 2. The van der Waals surface area contributed by atoms with Gasteiger partial charge in [0.25, 0.3) is 5.84 Å². The summed E-state index contributed by atoms with van der Waals surface area (Å²) in [4.78, 5) is 2.86. The first kappa shape index (κ1) is 15.8. The number of amidine groups is 1. The van der Waals surface area contributed by atoms with Crippen LogP contribution in [0.5, 0.6) is 0 Å². The Morgan fingerprint density at radius 3 is 2.13 bits per heavy atom. The molecule has 23 heavy (non-hydrogen) atoms. The molecule has 0 amide bonds. The Labute approximate surface area is 139 Å². The summed E-state index contributed by atoms with van der Waals surface area (Å²) < 4.78 is 11.0. The van der Waals surface area contributed by atoms with Crippen LogP contribution in [-0.2, 0) is 14.9 Å². The fourth-order valence-corrected chi connectivity index (χ4v) is 4.49. The number of fused-ring (bicyclic) bond motifs is 1. The Morgan fingerprint density at radius 2 is 1.70 bits per heavy atom. The molecule has 2 aliphatic rings. The topological polar surface area (TPSA) is 106 Å². The van der Waals surface area contributed by atoms with Crippen molar-refractivity contribution in [3.63, 3.8) is 0 Å². The molecule has 0 radical (unpaired) electrons. The van der Waals surface area contributed by atoms with Crippen molar-refractivity contribution in [3.05, 3.63) is 34.9 Å². The van der Waals surface area contributed by atoms with Crippen LogP contribution in [0.25, 0.3) is 0 Å². The van der Waals surface area contributed by atoms with Crippen LogP contribution in [0.3, 0.4) is 0 Å². The van der Waals surface area contributed by atoms with Crippen LogP contribution in [0.4, 0.5) is 0 Å². The van der Waals surface area contributed by atoms with Crippen molar-refractivity contribution in [2.75, 3.05) is 14.2 Å². The molecule has 1 heterocycles. The second-order valence-electron chi connectivity index (χ2n) is 5.92. The van der Waals surface area contributed by atoms with Gasteiger partial charge in [0, 0.05) is 19.2 Å². The van der Waals surface area contributed by atoms with Gasteiger partial charge in [-0.15, -0.1) is 0 Å². The Kier molecular flexibility index (Phi) is 3.05. The molecular formula is C16H16ClN4O2+. The summed E-state index contributed by atoms with van der Waals surface area (Å²) in [6.45, 7) is 1.82. The summed E-state index contributed by atoms with van der Waals surface area (Å²) in [6, 6.07) is 11.5. The van der Waals surface area contributed by atoms with E-state index in [2.05, 4.69) is 17.1 Å². The molecule has 1 aromatic rings. The smallest absolute Gasteiger partial charge is 0.317 e. The summed E-state index contributed by atoms with van der Waals surface area (Å²) >= 11 is 5.96. The maximum Gasteiger partial charge on any atom is 0.343 e. The van der Waals surface area contributed by atoms with E-state index in [1.54, 1.807) is 24.3 Å². The molecule has 0 bridgehead atoms. The normalized spacial score (nSPS) is 36.5. The number of methoxy groups -OCH3 is 2. The lowest BCUT2D eigenvalue weighted by Crippen LogP contribution is -2.91. The number of nitrogens with one attached hydrogen (secondary N) is 1. The van der Waals surface area contributed by atoms with Gasteiger partial charge in [-0.3, -0.25) is 5.73 Å². The number of hydrogen-bond acceptors (Lipinski definition) is 5. The van der Waals surface area contributed by atoms with Gasteiger partial charge in [-0.05, 0) is 17.7 Å². The molecule has 0 saturated heterocycles. The van der Waals surface area contributed by atoms with Gasteiger partial charge >= 0.3 is 5.91 Å². The Bertz CT molecular complexity index is 790. The van der Waals surface area contributed by atoms with Crippen molar-refractivity contribution < 1.29 is 14.5 Å². The highest BCUT2D eigenvalue weighted by Crippen LogP contribution is 2.82. The van der Waals surface area contributed by atoms with Gasteiger partial charge in [0.1, 0.15) is 0 Å². The van der Waals surface area contributed by atoms with Crippen molar-refractivity contribution in [2.24, 2.45) is 16.6 Å². The first-order chi connectivity index (χ1) is 10.9. The average molecular weight is 332 g/mol. The van der Waals surface area contributed by atoms with E-state index in [1.807, 2.05) is 6.92 Å². The summed E-state index contributed by atoms with van der Waals surface area (Å²) in [5.74, 6) is -1.33. The lowest BCUT2D eigenvalue weighted by molar-refractivity contribution is -0.688. The number of nitrogens with two attached hydrogens (primary N) is 1. The summed E-state index contributed by atoms with van der Waals surface area (Å²) in [5, 5.41) is 20.5. The highest BCUT2D eigenvalue weighted by molar-refractivity contribution is 6.30. The fraction of sp³-hybridized carbons (Fsp3) is 0.438. The monoisotopic (exact) mass is 331 g/mol. The molecule has 118 valence electrons. The Balaban J connectivity index is 2.33. The molecule has 3 rings (SSSR count). The van der Waals surface area contributed by atoms with Crippen molar-refractivity contribution in [2.45, 2.75) is 18.2 Å². The third kappa shape index (κ3) is 1.27. The molecule has 7 heteroatoms. The maximum absolute atomic E-state index is 10.0. The lowest BCUT2D eigenvalue weighted by Gasteiger charge is -2.30. The van der Waals surface area contributed by atoms with E-state index in [1.165, 1.54) is 14.2 Å². The molecule has 1 aliphatic carbocycles. The predicted octanol–water partition coefficient (Wildman–Crippen LogP) is 0.0293. The molecule has 0 unspecified atom stereocenters. The van der Waals surface area contributed by atoms with Crippen LogP contribution in [-0.4, -0.2) is 26.0 Å². The predicted molar refractivity (Wildman–Crippen MR) is 81.8 cm³/mol. The SMILES string of the molecule is COC1(OC)[NH+]=C(N)[C@@]2(C#N)[C@](C)(c3ccc(Cl)cc3)[C@@]12C#N. The Hall–Kier alpha value is -2.12. The number of hydrogen-bond donors (Lipinski definition) is 2. The van der Waals surface area contributed by atoms with Crippen LogP contribution >= 0.6 is 11.6 Å². The van der Waals surface area contributed by atoms with Gasteiger partial charge in [-0.25, -0.2) is 4.99 Å². The van der Waals surface area contributed by atoms with Gasteiger partial charge in [0.2, 0.25) is 0 Å². The minimum atomic E-state index is -1.50. The zero-order valence-electron chi connectivity index (χ0n) is 13.0. The van der Waals surface area contributed by atoms with Gasteiger partial charge in [0.15, 0.2) is 10.8 Å². The van der Waals surface area contributed by atoms with E-state index in [0.29, 0.717) is 5.02 Å². The van der Waals surface area contributed by atoms with Crippen molar-refractivity contribution in [3.8, 4) is 12.1 Å². The highest BCUT2D eigenvalue weighted by Gasteiger charge is 3.02. The minimum absolute atomic E-state index is 0.169. The molecule has 1 fully saturated rings. The number of nitriles is 2. The quantitative estimate of drug-likeness (QED) is 0.760. The van der Waals surface area contributed by atoms with Gasteiger partial charge in [-0.1, -0.05) is 30.7 Å². The van der Waals surface area contributed by atoms with Gasteiger partial charge < -0.3 is 9.47 Å². The molecule has 0 aromatic heterocycles. The summed E-state index contributed by atoms with van der Waals surface area (Å²) in [5.41, 5.74) is 3.41. The maximum atomic E-state index is 10.0. The molecule has 3 N–H and O–H groups in total. The highest BCUT2D eigenvalue weighted by atomic mass is 35.5. The molecule has 1 aliphatic heterocycles. The van der Waals surface area contributed by atoms with E-state index >= 15 is 0 Å². The van der Waals surface area contributed by atoms with Crippen LogP contribution in [0.15, 0.2) is 24.3 Å². The molecule has 1 saturated carbocycles. The summed E-state index contributed by atoms with van der Waals surface area (Å²) in [7, 11) is 2.83. The third-order valence-electron chi connectivity index (χ3n) is 5.53. The van der Waals surface area contributed by atoms with Crippen molar-refractivity contribution in [1.82, 2.24) is 0 Å². The van der Waals surface area contributed by atoms with Crippen LogP contribution in [0.1, 0.15) is 12.5 Å². The number of rotatable bonds is 3. The lowest BCUT2D eigenvalue weighted by atomic mass is 9.84. The molecule has 3 atom stereocenters. The molecular weight excluding hydrogens is 316 g/mol. The van der Waals surface area contributed by atoms with E-state index in [4.69, 9.17) is 26.8 Å². The van der Waals surface area contributed by atoms with Crippen LogP contribution in [0.2, 0.25) is 5.02 Å². The first-order valence-corrected chi connectivity index (χ1v) is 7.35. The molecule has 6 nitrogen and oxygen atoms in total. The third-order valence-corrected chi connectivity index (χ3v) is 5.78. The molecule has 0 spiro atoms. The second kappa shape index (κ2) is 4.46. The average Bonchev–Trinajstić information content (AvgIpc) is 2.97. The largest absolute Gasteiger partial charge is 0.343 e. The zero-order chi connectivity index (χ0) is 17.1. The van der Waals surface area contributed by atoms with Crippen molar-refractivity contribution >= 4 is 17.4 Å².